The Kier molecular flexibility index (Phi) is 7.57. The maximum atomic E-state index is 11.1. The van der Waals surface area contributed by atoms with E-state index in [-0.39, 0.29) is 19.1 Å². The van der Waals surface area contributed by atoms with Gasteiger partial charge >= 0.3 is 0 Å². The van der Waals surface area contributed by atoms with Gasteiger partial charge in [0.1, 0.15) is 0 Å². The maximum absolute atomic E-state index is 11.1. The zero-order valence-electron chi connectivity index (χ0n) is 7.95. The third-order valence-corrected chi connectivity index (χ3v) is 1.61. The maximum Gasteiger partial charge on any atom is 0.236 e. The highest BCUT2D eigenvalue weighted by Crippen LogP contribution is 1.94. The van der Waals surface area contributed by atoms with Gasteiger partial charge in [-0.2, -0.15) is 0 Å². The highest BCUT2D eigenvalue weighted by atomic mass is 16.5. The van der Waals surface area contributed by atoms with Crippen molar-refractivity contribution in [3.63, 3.8) is 0 Å². The summed E-state index contributed by atoms with van der Waals surface area (Å²) in [7, 11) is 1.61. The van der Waals surface area contributed by atoms with Crippen LogP contribution in [0.2, 0.25) is 0 Å². The van der Waals surface area contributed by atoms with Gasteiger partial charge in [0, 0.05) is 20.3 Å². The van der Waals surface area contributed by atoms with Crippen LogP contribution in [0.5, 0.6) is 0 Å². The average Bonchev–Trinajstić information content (AvgIpc) is 2.14. The molecule has 0 aromatic carbocycles. The summed E-state index contributed by atoms with van der Waals surface area (Å²) in [5, 5.41) is 10.9. The molecule has 0 aliphatic rings. The van der Waals surface area contributed by atoms with Crippen LogP contribution in [0.3, 0.4) is 0 Å². The lowest BCUT2D eigenvalue weighted by molar-refractivity contribution is -0.122. The predicted octanol–water partition coefficient (Wildman–Crippen LogP) is -1.15. The molecule has 5 heteroatoms. The third kappa shape index (κ3) is 6.51. The van der Waals surface area contributed by atoms with Crippen molar-refractivity contribution in [3.8, 4) is 0 Å². The van der Waals surface area contributed by atoms with Gasteiger partial charge in [0.2, 0.25) is 5.91 Å². The molecule has 1 unspecified atom stereocenters. The fourth-order valence-corrected chi connectivity index (χ4v) is 0.889. The molecule has 0 fully saturated rings. The SMILES string of the molecule is COCCCC(N)C(=O)NCCO. The lowest BCUT2D eigenvalue weighted by Crippen LogP contribution is -2.41. The molecule has 0 aliphatic heterocycles. The monoisotopic (exact) mass is 190 g/mol. The fourth-order valence-electron chi connectivity index (χ4n) is 0.889. The Morgan fingerprint density at radius 1 is 1.69 bits per heavy atom. The highest BCUT2D eigenvalue weighted by molar-refractivity contribution is 5.81. The summed E-state index contributed by atoms with van der Waals surface area (Å²) in [6.07, 6.45) is 1.37. The molecule has 0 saturated heterocycles. The lowest BCUT2D eigenvalue weighted by atomic mass is 10.1. The first-order chi connectivity index (χ1) is 6.22. The Hall–Kier alpha value is -0.650. The average molecular weight is 190 g/mol. The van der Waals surface area contributed by atoms with E-state index in [4.69, 9.17) is 15.6 Å². The molecule has 0 radical (unpaired) electrons. The Bertz CT molecular complexity index is 141. The zero-order chi connectivity index (χ0) is 10.1. The van der Waals surface area contributed by atoms with Gasteiger partial charge in [0.05, 0.1) is 12.6 Å². The summed E-state index contributed by atoms with van der Waals surface area (Å²) in [6.45, 7) is 0.814. The Labute approximate surface area is 78.3 Å². The van der Waals surface area contributed by atoms with E-state index in [2.05, 4.69) is 5.32 Å². The second-order valence-corrected chi connectivity index (χ2v) is 2.76. The number of ether oxygens (including phenoxy) is 1. The van der Waals surface area contributed by atoms with Crippen LogP contribution in [0, 0.1) is 0 Å². The molecular formula is C8H18N2O3. The predicted molar refractivity (Wildman–Crippen MR) is 49.2 cm³/mol. The molecule has 78 valence electrons. The first-order valence-corrected chi connectivity index (χ1v) is 4.35. The molecule has 1 atom stereocenters. The number of rotatable bonds is 7. The van der Waals surface area contributed by atoms with Crippen LogP contribution in [-0.4, -0.2) is 43.9 Å². The van der Waals surface area contributed by atoms with Gasteiger partial charge in [-0.1, -0.05) is 0 Å². The molecule has 13 heavy (non-hydrogen) atoms. The molecule has 0 spiro atoms. The normalized spacial score (nSPS) is 12.5. The molecule has 0 aliphatic carbocycles. The van der Waals surface area contributed by atoms with Gasteiger partial charge in [0.15, 0.2) is 0 Å². The number of aliphatic hydroxyl groups is 1. The van der Waals surface area contributed by atoms with E-state index in [1.807, 2.05) is 0 Å². The minimum absolute atomic E-state index is 0.0590. The molecule has 0 bridgehead atoms. The van der Waals surface area contributed by atoms with Gasteiger partial charge < -0.3 is 20.9 Å². The van der Waals surface area contributed by atoms with Crippen LogP contribution < -0.4 is 11.1 Å². The Morgan fingerprint density at radius 3 is 2.92 bits per heavy atom. The van der Waals surface area contributed by atoms with Gasteiger partial charge in [-0.05, 0) is 12.8 Å². The van der Waals surface area contributed by atoms with Crippen LogP contribution in [-0.2, 0) is 9.53 Å². The van der Waals surface area contributed by atoms with Crippen LogP contribution in [0.1, 0.15) is 12.8 Å². The second-order valence-electron chi connectivity index (χ2n) is 2.76. The van der Waals surface area contributed by atoms with E-state index in [0.29, 0.717) is 13.0 Å². The van der Waals surface area contributed by atoms with Crippen molar-refractivity contribution in [1.82, 2.24) is 5.32 Å². The standard InChI is InChI=1S/C8H18N2O3/c1-13-6-2-3-7(9)8(12)10-4-5-11/h7,11H,2-6,9H2,1H3,(H,10,12). The van der Waals surface area contributed by atoms with Crippen LogP contribution in [0.4, 0.5) is 0 Å². The number of nitrogens with two attached hydrogens (primary N) is 1. The minimum atomic E-state index is -0.498. The van der Waals surface area contributed by atoms with E-state index < -0.39 is 6.04 Å². The number of carbonyl (C=O) groups excluding carboxylic acids is 1. The Balaban J connectivity index is 3.45. The van der Waals surface area contributed by atoms with E-state index >= 15 is 0 Å². The van der Waals surface area contributed by atoms with Crippen molar-refractivity contribution in [1.29, 1.82) is 0 Å². The molecule has 5 nitrogen and oxygen atoms in total. The first-order valence-electron chi connectivity index (χ1n) is 4.35. The smallest absolute Gasteiger partial charge is 0.236 e. The van der Waals surface area contributed by atoms with Gasteiger partial charge in [-0.15, -0.1) is 0 Å². The van der Waals surface area contributed by atoms with Crippen LogP contribution >= 0.6 is 0 Å². The number of methoxy groups -OCH3 is 1. The number of aliphatic hydroxyl groups excluding tert-OH is 1. The van der Waals surface area contributed by atoms with E-state index in [1.165, 1.54) is 0 Å². The fraction of sp³-hybridized carbons (Fsp3) is 0.875. The number of nitrogens with one attached hydrogen (secondary N) is 1. The summed E-state index contributed by atoms with van der Waals surface area (Å²) >= 11 is 0. The van der Waals surface area contributed by atoms with Crippen molar-refractivity contribution in [2.75, 3.05) is 26.9 Å². The topological polar surface area (TPSA) is 84.6 Å². The quantitative estimate of drug-likeness (QED) is 0.442. The summed E-state index contributed by atoms with van der Waals surface area (Å²) < 4.78 is 4.83. The van der Waals surface area contributed by atoms with Gasteiger partial charge in [-0.25, -0.2) is 0 Å². The van der Waals surface area contributed by atoms with Crippen molar-refractivity contribution < 1.29 is 14.6 Å². The Morgan fingerprint density at radius 2 is 2.38 bits per heavy atom. The highest BCUT2D eigenvalue weighted by Gasteiger charge is 2.11. The molecule has 4 N–H and O–H groups in total. The third-order valence-electron chi connectivity index (χ3n) is 1.61. The van der Waals surface area contributed by atoms with Crippen molar-refractivity contribution in [3.05, 3.63) is 0 Å². The van der Waals surface area contributed by atoms with Crippen LogP contribution in [0.25, 0.3) is 0 Å². The van der Waals surface area contributed by atoms with Gasteiger partial charge in [0.25, 0.3) is 0 Å². The van der Waals surface area contributed by atoms with E-state index in [9.17, 15) is 4.79 Å². The molecule has 1 amide bonds. The second kappa shape index (κ2) is 7.97. The van der Waals surface area contributed by atoms with E-state index in [1.54, 1.807) is 7.11 Å². The van der Waals surface area contributed by atoms with Gasteiger partial charge in [-0.3, -0.25) is 4.79 Å². The lowest BCUT2D eigenvalue weighted by Gasteiger charge is -2.10. The number of amides is 1. The zero-order valence-corrected chi connectivity index (χ0v) is 7.95. The molecular weight excluding hydrogens is 172 g/mol. The van der Waals surface area contributed by atoms with Crippen molar-refractivity contribution >= 4 is 5.91 Å². The minimum Gasteiger partial charge on any atom is -0.395 e. The summed E-state index contributed by atoms with van der Waals surface area (Å²) in [4.78, 5) is 11.1. The molecule has 0 saturated carbocycles. The number of carbonyl (C=O) groups is 1. The van der Waals surface area contributed by atoms with E-state index in [0.717, 1.165) is 6.42 Å². The van der Waals surface area contributed by atoms with Crippen molar-refractivity contribution in [2.24, 2.45) is 5.73 Å². The molecule has 0 rings (SSSR count). The number of hydrogen-bond acceptors (Lipinski definition) is 4. The summed E-state index contributed by atoms with van der Waals surface area (Å²) in [6, 6.07) is -0.498. The number of hydrogen-bond donors (Lipinski definition) is 3. The molecule has 0 heterocycles. The molecule has 0 aromatic rings. The first kappa shape index (κ1) is 12.3. The molecule has 0 aromatic heterocycles. The largest absolute Gasteiger partial charge is 0.395 e. The summed E-state index contributed by atoms with van der Waals surface area (Å²) in [5.41, 5.74) is 5.55. The van der Waals surface area contributed by atoms with Crippen molar-refractivity contribution in [2.45, 2.75) is 18.9 Å². The summed E-state index contributed by atoms with van der Waals surface area (Å²) in [5.74, 6) is -0.217. The van der Waals surface area contributed by atoms with Crippen LogP contribution in [0.15, 0.2) is 0 Å².